The SMILES string of the molecule is Cc1noc(C)c1S(=O)(=O)N1Cc2ccccc2CC1C. The van der Waals surface area contributed by atoms with Crippen molar-refractivity contribution in [2.45, 2.75) is 44.7 Å². The molecule has 1 aliphatic rings. The van der Waals surface area contributed by atoms with Gasteiger partial charge in [0, 0.05) is 12.6 Å². The fraction of sp³-hybridized carbons (Fsp3) is 0.400. The van der Waals surface area contributed by atoms with Gasteiger partial charge < -0.3 is 4.52 Å². The molecule has 1 aromatic carbocycles. The number of nitrogens with zero attached hydrogens (tertiary/aromatic N) is 2. The Kier molecular flexibility index (Phi) is 3.37. The van der Waals surface area contributed by atoms with Crippen LogP contribution in [0.3, 0.4) is 0 Å². The van der Waals surface area contributed by atoms with E-state index in [9.17, 15) is 8.42 Å². The van der Waals surface area contributed by atoms with Crippen molar-refractivity contribution in [1.82, 2.24) is 9.46 Å². The largest absolute Gasteiger partial charge is 0.360 e. The maximum atomic E-state index is 12.9. The quantitative estimate of drug-likeness (QED) is 0.855. The van der Waals surface area contributed by atoms with Crippen LogP contribution in [0.25, 0.3) is 0 Å². The van der Waals surface area contributed by atoms with Gasteiger partial charge in [-0.1, -0.05) is 29.4 Å². The zero-order valence-corrected chi connectivity index (χ0v) is 13.1. The summed E-state index contributed by atoms with van der Waals surface area (Å²) in [6.45, 7) is 5.62. The molecule has 0 aliphatic carbocycles. The number of aryl methyl sites for hydroxylation is 2. The molecule has 2 heterocycles. The van der Waals surface area contributed by atoms with Crippen molar-refractivity contribution in [2.75, 3.05) is 0 Å². The molecule has 1 aromatic heterocycles. The summed E-state index contributed by atoms with van der Waals surface area (Å²) in [5, 5.41) is 3.77. The Morgan fingerprint density at radius 3 is 2.52 bits per heavy atom. The number of benzene rings is 1. The van der Waals surface area contributed by atoms with Gasteiger partial charge >= 0.3 is 0 Å². The van der Waals surface area contributed by atoms with Crippen molar-refractivity contribution in [3.8, 4) is 0 Å². The van der Waals surface area contributed by atoms with Gasteiger partial charge in [0.2, 0.25) is 10.0 Å². The second-order valence-electron chi connectivity index (χ2n) is 5.53. The van der Waals surface area contributed by atoms with Gasteiger partial charge in [-0.3, -0.25) is 0 Å². The number of rotatable bonds is 2. The first-order valence-electron chi connectivity index (χ1n) is 6.92. The highest BCUT2D eigenvalue weighted by Crippen LogP contribution is 2.31. The second-order valence-corrected chi connectivity index (χ2v) is 7.35. The lowest BCUT2D eigenvalue weighted by Gasteiger charge is -2.33. The van der Waals surface area contributed by atoms with Gasteiger partial charge in [0.05, 0.1) is 0 Å². The molecule has 0 N–H and O–H groups in total. The minimum Gasteiger partial charge on any atom is -0.360 e. The van der Waals surface area contributed by atoms with E-state index in [1.165, 1.54) is 5.56 Å². The van der Waals surface area contributed by atoms with E-state index in [4.69, 9.17) is 4.52 Å². The van der Waals surface area contributed by atoms with Crippen molar-refractivity contribution < 1.29 is 12.9 Å². The number of hydrogen-bond donors (Lipinski definition) is 0. The molecule has 0 bridgehead atoms. The normalized spacial score (nSPS) is 19.5. The zero-order valence-electron chi connectivity index (χ0n) is 12.3. The van der Waals surface area contributed by atoms with E-state index in [0.29, 0.717) is 18.0 Å². The van der Waals surface area contributed by atoms with Gasteiger partial charge in [0.1, 0.15) is 10.6 Å². The molecule has 0 radical (unpaired) electrons. The maximum Gasteiger partial charge on any atom is 0.249 e. The minimum absolute atomic E-state index is 0.0846. The van der Waals surface area contributed by atoms with Crippen molar-refractivity contribution in [2.24, 2.45) is 0 Å². The summed E-state index contributed by atoms with van der Waals surface area (Å²) in [4.78, 5) is 0.203. The Morgan fingerprint density at radius 2 is 1.90 bits per heavy atom. The van der Waals surface area contributed by atoms with Crippen LogP contribution in [0, 0.1) is 13.8 Å². The van der Waals surface area contributed by atoms with Crippen LogP contribution >= 0.6 is 0 Å². The molecule has 21 heavy (non-hydrogen) atoms. The molecule has 0 fully saturated rings. The van der Waals surface area contributed by atoms with Crippen LogP contribution in [0.1, 0.15) is 29.5 Å². The minimum atomic E-state index is -3.59. The van der Waals surface area contributed by atoms with E-state index in [0.717, 1.165) is 12.0 Å². The van der Waals surface area contributed by atoms with Gasteiger partial charge in [0.25, 0.3) is 0 Å². The fourth-order valence-electron chi connectivity index (χ4n) is 2.94. The first kappa shape index (κ1) is 14.3. The van der Waals surface area contributed by atoms with Crippen molar-refractivity contribution in [1.29, 1.82) is 0 Å². The topological polar surface area (TPSA) is 63.4 Å². The summed E-state index contributed by atoms with van der Waals surface area (Å²) in [5.41, 5.74) is 2.69. The molecule has 0 saturated heterocycles. The monoisotopic (exact) mass is 306 g/mol. The van der Waals surface area contributed by atoms with Crippen molar-refractivity contribution in [3.05, 3.63) is 46.8 Å². The number of aromatic nitrogens is 1. The lowest BCUT2D eigenvalue weighted by atomic mass is 9.97. The first-order valence-corrected chi connectivity index (χ1v) is 8.36. The third-order valence-electron chi connectivity index (χ3n) is 3.99. The van der Waals surface area contributed by atoms with E-state index >= 15 is 0 Å². The van der Waals surface area contributed by atoms with E-state index in [1.54, 1.807) is 18.2 Å². The summed E-state index contributed by atoms with van der Waals surface area (Å²) in [7, 11) is -3.59. The third kappa shape index (κ3) is 2.28. The lowest BCUT2D eigenvalue weighted by Crippen LogP contribution is -2.42. The van der Waals surface area contributed by atoms with Crippen molar-refractivity contribution >= 4 is 10.0 Å². The van der Waals surface area contributed by atoms with Crippen LogP contribution in [0.5, 0.6) is 0 Å². The predicted molar refractivity (Wildman–Crippen MR) is 78.3 cm³/mol. The molecule has 1 aliphatic heterocycles. The van der Waals surface area contributed by atoms with Crippen LogP contribution in [0.4, 0.5) is 0 Å². The Morgan fingerprint density at radius 1 is 1.24 bits per heavy atom. The van der Waals surface area contributed by atoms with Gasteiger partial charge in [-0.2, -0.15) is 4.31 Å². The molecule has 2 aromatic rings. The highest BCUT2D eigenvalue weighted by Gasteiger charge is 2.36. The Hall–Kier alpha value is -1.66. The number of fused-ring (bicyclic) bond motifs is 1. The Bertz CT molecular complexity index is 760. The molecule has 6 heteroatoms. The summed E-state index contributed by atoms with van der Waals surface area (Å²) in [5.74, 6) is 0.346. The molecule has 1 unspecified atom stereocenters. The average Bonchev–Trinajstić information content (AvgIpc) is 2.77. The molecule has 0 amide bonds. The Balaban J connectivity index is 2.05. The molecular formula is C15H18N2O3S. The Labute approximate surface area is 124 Å². The van der Waals surface area contributed by atoms with Crippen LogP contribution in [-0.4, -0.2) is 23.9 Å². The van der Waals surface area contributed by atoms with Crippen LogP contribution in [-0.2, 0) is 23.0 Å². The van der Waals surface area contributed by atoms with E-state index in [2.05, 4.69) is 11.2 Å². The highest BCUT2D eigenvalue weighted by atomic mass is 32.2. The van der Waals surface area contributed by atoms with Gasteiger partial charge in [-0.05, 0) is 38.3 Å². The van der Waals surface area contributed by atoms with Crippen LogP contribution in [0.2, 0.25) is 0 Å². The van der Waals surface area contributed by atoms with Crippen LogP contribution in [0.15, 0.2) is 33.7 Å². The van der Waals surface area contributed by atoms with Crippen LogP contribution < -0.4 is 0 Å². The molecule has 5 nitrogen and oxygen atoms in total. The standard InChI is InChI=1S/C15H18N2O3S/c1-10-8-13-6-4-5-7-14(13)9-17(10)21(18,19)15-11(2)16-20-12(15)3/h4-7,10H,8-9H2,1-3H3. The first-order chi connectivity index (χ1) is 9.91. The van der Waals surface area contributed by atoms with Crippen molar-refractivity contribution in [3.63, 3.8) is 0 Å². The summed E-state index contributed by atoms with van der Waals surface area (Å²) in [6.07, 6.45) is 0.721. The van der Waals surface area contributed by atoms with Gasteiger partial charge in [0.15, 0.2) is 5.76 Å². The van der Waals surface area contributed by atoms with Gasteiger partial charge in [-0.15, -0.1) is 0 Å². The molecule has 0 spiro atoms. The fourth-order valence-corrected chi connectivity index (χ4v) is 4.84. The lowest BCUT2D eigenvalue weighted by molar-refractivity contribution is 0.308. The van der Waals surface area contributed by atoms with E-state index in [-0.39, 0.29) is 10.9 Å². The molecule has 0 saturated carbocycles. The third-order valence-corrected chi connectivity index (χ3v) is 6.19. The maximum absolute atomic E-state index is 12.9. The number of sulfonamides is 1. The highest BCUT2D eigenvalue weighted by molar-refractivity contribution is 7.89. The zero-order chi connectivity index (χ0) is 15.2. The van der Waals surface area contributed by atoms with E-state index < -0.39 is 10.0 Å². The summed E-state index contributed by atoms with van der Waals surface area (Å²) >= 11 is 0. The van der Waals surface area contributed by atoms with Gasteiger partial charge in [-0.25, -0.2) is 8.42 Å². The number of hydrogen-bond acceptors (Lipinski definition) is 4. The smallest absolute Gasteiger partial charge is 0.249 e. The van der Waals surface area contributed by atoms with E-state index in [1.807, 2.05) is 25.1 Å². The molecule has 112 valence electrons. The molecular weight excluding hydrogens is 288 g/mol. The summed E-state index contributed by atoms with van der Waals surface area (Å²) in [6, 6.07) is 7.89. The molecule has 3 rings (SSSR count). The molecule has 1 atom stereocenters. The average molecular weight is 306 g/mol. The predicted octanol–water partition coefficient (Wildman–Crippen LogP) is 2.43. The summed E-state index contributed by atoms with van der Waals surface area (Å²) < 4.78 is 32.4. The second kappa shape index (κ2) is 4.96.